The molecule has 0 bridgehead atoms. The van der Waals surface area contributed by atoms with Gasteiger partial charge in [0.15, 0.2) is 0 Å². The van der Waals surface area contributed by atoms with Crippen molar-refractivity contribution in [3.63, 3.8) is 0 Å². The van der Waals surface area contributed by atoms with Crippen LogP contribution in [0.5, 0.6) is 0 Å². The molecule has 0 saturated heterocycles. The number of furan rings is 2. The molecule has 7 aromatic carbocycles. The third-order valence-corrected chi connectivity index (χ3v) is 9.93. The van der Waals surface area contributed by atoms with E-state index in [9.17, 15) is 0 Å². The van der Waals surface area contributed by atoms with Gasteiger partial charge in [0.05, 0.1) is 21.9 Å². The third kappa shape index (κ3) is 3.43. The summed E-state index contributed by atoms with van der Waals surface area (Å²) in [4.78, 5) is 0. The molecule has 0 aliphatic heterocycles. The van der Waals surface area contributed by atoms with Gasteiger partial charge < -0.3 is 13.4 Å². The molecular weight excluding hydrogens is 588 g/mol. The number of nitrogens with zero attached hydrogens (tertiary/aromatic N) is 2. The van der Waals surface area contributed by atoms with Crippen LogP contribution in [0.15, 0.2) is 167 Å². The minimum Gasteiger partial charge on any atom is -0.456 e. The molecule has 0 amide bonds. The lowest BCUT2D eigenvalue weighted by Gasteiger charge is -2.08. The highest BCUT2D eigenvalue weighted by atomic mass is 16.3. The number of hydrogen-bond donors (Lipinski definition) is 0. The van der Waals surface area contributed by atoms with Gasteiger partial charge in [0.25, 0.3) is 0 Å². The predicted molar refractivity (Wildman–Crippen MR) is 198 cm³/mol. The molecule has 224 valence electrons. The Morgan fingerprint density at radius 3 is 1.79 bits per heavy atom. The zero-order chi connectivity index (χ0) is 31.3. The van der Waals surface area contributed by atoms with Crippen LogP contribution < -0.4 is 0 Å². The van der Waals surface area contributed by atoms with Crippen molar-refractivity contribution in [2.45, 2.75) is 0 Å². The van der Waals surface area contributed by atoms with Crippen molar-refractivity contribution in [1.82, 2.24) is 9.13 Å². The highest BCUT2D eigenvalue weighted by Gasteiger charge is 2.22. The fourth-order valence-electron chi connectivity index (χ4n) is 7.88. The molecule has 4 aromatic heterocycles. The van der Waals surface area contributed by atoms with Crippen LogP contribution in [0, 0.1) is 0 Å². The van der Waals surface area contributed by atoms with Crippen LogP contribution in [0.4, 0.5) is 0 Å². The maximum atomic E-state index is 6.67. The summed E-state index contributed by atoms with van der Waals surface area (Å²) in [5, 5.41) is 8.12. The van der Waals surface area contributed by atoms with Crippen molar-refractivity contribution in [2.24, 2.45) is 0 Å². The topological polar surface area (TPSA) is 36.1 Å². The lowest BCUT2D eigenvalue weighted by Crippen LogP contribution is -1.93. The summed E-state index contributed by atoms with van der Waals surface area (Å²) < 4.78 is 17.8. The van der Waals surface area contributed by atoms with Gasteiger partial charge in [-0.2, -0.15) is 0 Å². The normalized spacial score (nSPS) is 12.2. The summed E-state index contributed by atoms with van der Waals surface area (Å²) in [6.45, 7) is 0. The summed E-state index contributed by atoms with van der Waals surface area (Å²) in [6.07, 6.45) is 0. The van der Waals surface area contributed by atoms with E-state index in [1.165, 1.54) is 27.2 Å². The lowest BCUT2D eigenvalue weighted by molar-refractivity contribution is 0.645. The number of aromatic nitrogens is 2. The second-order valence-electron chi connectivity index (χ2n) is 12.5. The van der Waals surface area contributed by atoms with Crippen LogP contribution in [-0.2, 0) is 0 Å². The molecule has 0 saturated carbocycles. The van der Waals surface area contributed by atoms with E-state index in [0.29, 0.717) is 0 Å². The van der Waals surface area contributed by atoms with E-state index in [2.05, 4.69) is 149 Å². The standard InChI is InChI=1S/C44H26N2O2/c1-2-11-28(12-3-1)46-38-19-10-16-30(42(38)43-35-15-6-9-20-39(35)48-44(43)46)27-21-23-33-34-24-22-29(26-41(34)47-40(33)25-27)45-36-17-7-4-13-31(36)32-14-5-8-18-37(32)45/h1-26H. The maximum absolute atomic E-state index is 6.67. The van der Waals surface area contributed by atoms with Gasteiger partial charge in [0, 0.05) is 49.8 Å². The zero-order valence-corrected chi connectivity index (χ0v) is 25.7. The van der Waals surface area contributed by atoms with Crippen LogP contribution in [0.3, 0.4) is 0 Å². The summed E-state index contributed by atoms with van der Waals surface area (Å²) in [5.74, 6) is 0. The second kappa shape index (κ2) is 9.50. The van der Waals surface area contributed by atoms with Crippen molar-refractivity contribution in [2.75, 3.05) is 0 Å². The summed E-state index contributed by atoms with van der Waals surface area (Å²) in [5.41, 5.74) is 11.4. The number of para-hydroxylation sites is 4. The number of rotatable bonds is 3. The number of fused-ring (bicyclic) bond motifs is 11. The summed E-state index contributed by atoms with van der Waals surface area (Å²) in [6, 6.07) is 55.7. The van der Waals surface area contributed by atoms with Crippen LogP contribution in [0.2, 0.25) is 0 Å². The average Bonchev–Trinajstić information content (AvgIpc) is 3.88. The van der Waals surface area contributed by atoms with E-state index in [1.807, 2.05) is 18.2 Å². The van der Waals surface area contributed by atoms with E-state index < -0.39 is 0 Å². The summed E-state index contributed by atoms with van der Waals surface area (Å²) >= 11 is 0. The van der Waals surface area contributed by atoms with Gasteiger partial charge in [-0.15, -0.1) is 0 Å². The van der Waals surface area contributed by atoms with Gasteiger partial charge in [0.2, 0.25) is 5.71 Å². The lowest BCUT2D eigenvalue weighted by atomic mass is 9.98. The molecule has 0 atom stereocenters. The quantitative estimate of drug-likeness (QED) is 0.198. The van der Waals surface area contributed by atoms with Crippen molar-refractivity contribution in [3.05, 3.63) is 158 Å². The molecular formula is C44H26N2O2. The summed E-state index contributed by atoms with van der Waals surface area (Å²) in [7, 11) is 0. The van der Waals surface area contributed by atoms with Crippen molar-refractivity contribution >= 4 is 76.7 Å². The molecule has 4 heterocycles. The number of benzene rings is 7. The Morgan fingerprint density at radius 1 is 0.354 bits per heavy atom. The van der Waals surface area contributed by atoms with Crippen molar-refractivity contribution < 1.29 is 8.83 Å². The third-order valence-electron chi connectivity index (χ3n) is 9.93. The molecule has 0 radical (unpaired) electrons. The first-order chi connectivity index (χ1) is 23.8. The Kier molecular flexibility index (Phi) is 5.08. The van der Waals surface area contributed by atoms with Crippen LogP contribution in [-0.4, -0.2) is 9.13 Å². The largest absolute Gasteiger partial charge is 0.456 e. The Balaban J connectivity index is 1.13. The van der Waals surface area contributed by atoms with E-state index in [4.69, 9.17) is 8.83 Å². The zero-order valence-electron chi connectivity index (χ0n) is 25.7. The van der Waals surface area contributed by atoms with Crippen LogP contribution in [0.1, 0.15) is 0 Å². The minimum atomic E-state index is 0.854. The average molecular weight is 615 g/mol. The second-order valence-corrected chi connectivity index (χ2v) is 12.5. The van der Waals surface area contributed by atoms with Gasteiger partial charge in [-0.05, 0) is 71.8 Å². The fraction of sp³-hybridized carbons (Fsp3) is 0. The molecule has 0 aliphatic rings. The first kappa shape index (κ1) is 25.6. The smallest absolute Gasteiger partial charge is 0.213 e. The highest BCUT2D eigenvalue weighted by Crippen LogP contribution is 2.44. The van der Waals surface area contributed by atoms with E-state index in [-0.39, 0.29) is 0 Å². The molecule has 0 fully saturated rings. The molecule has 48 heavy (non-hydrogen) atoms. The van der Waals surface area contributed by atoms with Crippen LogP contribution in [0.25, 0.3) is 99.2 Å². The molecule has 4 nitrogen and oxygen atoms in total. The first-order valence-electron chi connectivity index (χ1n) is 16.3. The molecule has 0 unspecified atom stereocenters. The fourth-order valence-corrected chi connectivity index (χ4v) is 7.88. The molecule has 11 rings (SSSR count). The van der Waals surface area contributed by atoms with E-state index in [0.717, 1.165) is 72.0 Å². The Bertz CT molecular complexity index is 3010. The van der Waals surface area contributed by atoms with Gasteiger partial charge in [-0.1, -0.05) is 91.0 Å². The minimum absolute atomic E-state index is 0.854. The molecule has 0 N–H and O–H groups in total. The van der Waals surface area contributed by atoms with Crippen molar-refractivity contribution in [1.29, 1.82) is 0 Å². The van der Waals surface area contributed by atoms with Gasteiger partial charge in [-0.25, -0.2) is 0 Å². The Labute approximate surface area is 274 Å². The Hall–Kier alpha value is -6.52. The van der Waals surface area contributed by atoms with Gasteiger partial charge in [0.1, 0.15) is 16.7 Å². The molecule has 11 aromatic rings. The van der Waals surface area contributed by atoms with E-state index >= 15 is 0 Å². The monoisotopic (exact) mass is 614 g/mol. The Morgan fingerprint density at radius 2 is 1.00 bits per heavy atom. The van der Waals surface area contributed by atoms with Crippen molar-refractivity contribution in [3.8, 4) is 22.5 Å². The highest BCUT2D eigenvalue weighted by molar-refractivity contribution is 6.24. The van der Waals surface area contributed by atoms with Gasteiger partial charge in [-0.3, -0.25) is 4.57 Å². The maximum Gasteiger partial charge on any atom is 0.213 e. The van der Waals surface area contributed by atoms with E-state index in [1.54, 1.807) is 0 Å². The predicted octanol–water partition coefficient (Wildman–Crippen LogP) is 12.2. The molecule has 0 spiro atoms. The molecule has 0 aliphatic carbocycles. The van der Waals surface area contributed by atoms with Crippen LogP contribution >= 0.6 is 0 Å². The first-order valence-corrected chi connectivity index (χ1v) is 16.3. The molecule has 4 heteroatoms. The van der Waals surface area contributed by atoms with Gasteiger partial charge >= 0.3 is 0 Å². The number of hydrogen-bond acceptors (Lipinski definition) is 2. The SMILES string of the molecule is c1ccc(-n2c3cccc(-c4ccc5c(c4)oc4cc(-n6c7ccccc7c7ccccc76)ccc45)c3c3c4ccccc4oc32)cc1.